The van der Waals surface area contributed by atoms with Crippen LogP contribution in [0.15, 0.2) is 34.3 Å². The van der Waals surface area contributed by atoms with Crippen molar-refractivity contribution in [3.8, 4) is 0 Å². The van der Waals surface area contributed by atoms with E-state index >= 15 is 0 Å². The third-order valence-corrected chi connectivity index (χ3v) is 3.41. The van der Waals surface area contributed by atoms with Gasteiger partial charge in [0.25, 0.3) is 0 Å². The maximum absolute atomic E-state index is 5.56. The van der Waals surface area contributed by atoms with Gasteiger partial charge in [-0.05, 0) is 25.0 Å². The van der Waals surface area contributed by atoms with Crippen LogP contribution in [0.3, 0.4) is 0 Å². The van der Waals surface area contributed by atoms with E-state index in [-0.39, 0.29) is 12.1 Å². The zero-order chi connectivity index (χ0) is 13.9. The lowest BCUT2D eigenvalue weighted by Crippen LogP contribution is -2.06. The highest BCUT2D eigenvalue weighted by molar-refractivity contribution is 5.81. The Balaban J connectivity index is 1.67. The number of nitrogens with zero attached hydrogens (tertiary/aromatic N) is 2. The van der Waals surface area contributed by atoms with Gasteiger partial charge < -0.3 is 9.47 Å². The molecule has 2 aliphatic rings. The zero-order valence-electron chi connectivity index (χ0n) is 12.0. The third kappa shape index (κ3) is 3.18. The fraction of sp³-hybridized carbons (Fsp3) is 0.500. The highest BCUT2D eigenvalue weighted by Gasteiger charge is 2.16. The Labute approximate surface area is 119 Å². The predicted octanol–water partition coefficient (Wildman–Crippen LogP) is 2.41. The average Bonchev–Trinajstić information content (AvgIpc) is 2.99. The first-order valence-electron chi connectivity index (χ1n) is 7.16. The fourth-order valence-electron chi connectivity index (χ4n) is 2.47. The summed E-state index contributed by atoms with van der Waals surface area (Å²) < 4.78 is 11.1. The fourth-order valence-corrected chi connectivity index (χ4v) is 2.47. The van der Waals surface area contributed by atoms with Crippen LogP contribution in [0.2, 0.25) is 0 Å². The molecule has 0 amide bonds. The molecule has 1 aromatic carbocycles. The van der Waals surface area contributed by atoms with E-state index in [1.165, 1.54) is 11.1 Å². The van der Waals surface area contributed by atoms with Gasteiger partial charge in [-0.2, -0.15) is 0 Å². The molecule has 2 heterocycles. The Morgan fingerprint density at radius 1 is 0.950 bits per heavy atom. The van der Waals surface area contributed by atoms with Crippen molar-refractivity contribution in [1.29, 1.82) is 0 Å². The predicted molar refractivity (Wildman–Crippen MR) is 79.5 cm³/mol. The van der Waals surface area contributed by atoms with E-state index in [1.807, 2.05) is 0 Å². The van der Waals surface area contributed by atoms with Crippen LogP contribution in [0, 0.1) is 0 Å². The van der Waals surface area contributed by atoms with E-state index < -0.39 is 0 Å². The maximum Gasteiger partial charge on any atom is 0.188 e. The van der Waals surface area contributed by atoms with Gasteiger partial charge in [0.2, 0.25) is 0 Å². The standard InChI is InChI=1S/C16H20N2O2/c1-11-9-19-15(17-11)7-13-4-3-5-14(6-13)8-16-18-12(2)10-20-16/h3-6,11-12H,7-10H2,1-2H3/t11-,12-/m0/s1. The summed E-state index contributed by atoms with van der Waals surface area (Å²) in [6, 6.07) is 9.05. The molecule has 20 heavy (non-hydrogen) atoms. The second kappa shape index (κ2) is 5.65. The van der Waals surface area contributed by atoms with Crippen molar-refractivity contribution in [1.82, 2.24) is 0 Å². The summed E-state index contributed by atoms with van der Waals surface area (Å²) in [5.41, 5.74) is 2.45. The van der Waals surface area contributed by atoms with E-state index in [0.29, 0.717) is 13.2 Å². The molecule has 0 aliphatic carbocycles. The van der Waals surface area contributed by atoms with Crippen LogP contribution in [-0.4, -0.2) is 37.1 Å². The number of hydrogen-bond acceptors (Lipinski definition) is 4. The van der Waals surface area contributed by atoms with Crippen LogP contribution >= 0.6 is 0 Å². The molecule has 4 heteroatoms. The summed E-state index contributed by atoms with van der Waals surface area (Å²) in [6.45, 7) is 5.55. The molecule has 0 bridgehead atoms. The molecule has 2 atom stereocenters. The third-order valence-electron chi connectivity index (χ3n) is 3.41. The van der Waals surface area contributed by atoms with Gasteiger partial charge >= 0.3 is 0 Å². The Morgan fingerprint density at radius 3 is 1.85 bits per heavy atom. The summed E-state index contributed by atoms with van der Waals surface area (Å²) >= 11 is 0. The van der Waals surface area contributed by atoms with E-state index in [4.69, 9.17) is 9.47 Å². The average molecular weight is 272 g/mol. The van der Waals surface area contributed by atoms with Gasteiger partial charge in [-0.3, -0.25) is 0 Å². The summed E-state index contributed by atoms with van der Waals surface area (Å²) in [5, 5.41) is 0. The largest absolute Gasteiger partial charge is 0.478 e. The van der Waals surface area contributed by atoms with Crippen molar-refractivity contribution in [2.24, 2.45) is 9.98 Å². The summed E-state index contributed by atoms with van der Waals surface area (Å²) in [5.74, 6) is 1.69. The molecule has 0 unspecified atom stereocenters. The van der Waals surface area contributed by atoms with Crippen LogP contribution in [0.4, 0.5) is 0 Å². The molecule has 0 radical (unpaired) electrons. The Hall–Kier alpha value is -1.84. The summed E-state index contributed by atoms with van der Waals surface area (Å²) in [6.07, 6.45) is 1.53. The van der Waals surface area contributed by atoms with Crippen LogP contribution in [-0.2, 0) is 22.3 Å². The molecule has 1 aromatic rings. The molecule has 2 aliphatic heterocycles. The van der Waals surface area contributed by atoms with Crippen LogP contribution in [0.25, 0.3) is 0 Å². The SMILES string of the molecule is C[C@H]1COC(Cc2cccc(CC3=N[C@@H](C)CO3)c2)=N1. The molecular weight excluding hydrogens is 252 g/mol. The van der Waals surface area contributed by atoms with E-state index in [9.17, 15) is 0 Å². The highest BCUT2D eigenvalue weighted by atomic mass is 16.5. The van der Waals surface area contributed by atoms with Gasteiger partial charge in [0.15, 0.2) is 11.8 Å². The molecule has 0 saturated heterocycles. The van der Waals surface area contributed by atoms with Crippen molar-refractivity contribution >= 4 is 11.8 Å². The molecule has 0 saturated carbocycles. The van der Waals surface area contributed by atoms with Gasteiger partial charge in [0.05, 0.1) is 12.1 Å². The summed E-state index contributed by atoms with van der Waals surface area (Å²) in [7, 11) is 0. The van der Waals surface area contributed by atoms with Crippen molar-refractivity contribution in [2.45, 2.75) is 38.8 Å². The lowest BCUT2D eigenvalue weighted by Gasteiger charge is -2.06. The van der Waals surface area contributed by atoms with Crippen molar-refractivity contribution in [2.75, 3.05) is 13.2 Å². The van der Waals surface area contributed by atoms with Gasteiger partial charge in [0, 0.05) is 12.8 Å². The zero-order valence-corrected chi connectivity index (χ0v) is 12.0. The first kappa shape index (κ1) is 13.2. The maximum atomic E-state index is 5.56. The van der Waals surface area contributed by atoms with E-state index in [1.54, 1.807) is 0 Å². The first-order chi connectivity index (χ1) is 9.69. The number of benzene rings is 1. The lowest BCUT2D eigenvalue weighted by molar-refractivity contribution is 0.317. The van der Waals surface area contributed by atoms with E-state index in [2.05, 4.69) is 48.1 Å². The van der Waals surface area contributed by atoms with Crippen LogP contribution < -0.4 is 0 Å². The Morgan fingerprint density at radius 2 is 1.45 bits per heavy atom. The highest BCUT2D eigenvalue weighted by Crippen LogP contribution is 2.14. The van der Waals surface area contributed by atoms with Gasteiger partial charge in [0.1, 0.15) is 13.2 Å². The molecular formula is C16H20N2O2. The molecule has 106 valence electrons. The second-order valence-corrected chi connectivity index (χ2v) is 5.54. The Kier molecular flexibility index (Phi) is 3.72. The molecule has 0 spiro atoms. The molecule has 3 rings (SSSR count). The first-order valence-corrected chi connectivity index (χ1v) is 7.16. The molecule has 4 nitrogen and oxygen atoms in total. The minimum absolute atomic E-state index is 0.288. The van der Waals surface area contributed by atoms with Gasteiger partial charge in [-0.25, -0.2) is 9.98 Å². The minimum Gasteiger partial charge on any atom is -0.478 e. The lowest BCUT2D eigenvalue weighted by atomic mass is 10.1. The molecule has 0 N–H and O–H groups in total. The van der Waals surface area contributed by atoms with Gasteiger partial charge in [-0.1, -0.05) is 24.3 Å². The van der Waals surface area contributed by atoms with Crippen molar-refractivity contribution in [3.63, 3.8) is 0 Å². The van der Waals surface area contributed by atoms with E-state index in [0.717, 1.165) is 24.6 Å². The number of hydrogen-bond donors (Lipinski definition) is 0. The summed E-state index contributed by atoms with van der Waals surface area (Å²) in [4.78, 5) is 8.95. The van der Waals surface area contributed by atoms with Crippen molar-refractivity contribution in [3.05, 3.63) is 35.4 Å². The number of aliphatic imine (C=N–C) groups is 2. The smallest absolute Gasteiger partial charge is 0.188 e. The normalized spacial score (nSPS) is 24.9. The number of rotatable bonds is 4. The molecule has 0 aromatic heterocycles. The van der Waals surface area contributed by atoms with Crippen molar-refractivity contribution < 1.29 is 9.47 Å². The number of ether oxygens (including phenoxy) is 2. The van der Waals surface area contributed by atoms with Crippen LogP contribution in [0.1, 0.15) is 25.0 Å². The second-order valence-electron chi connectivity index (χ2n) is 5.54. The van der Waals surface area contributed by atoms with Gasteiger partial charge in [-0.15, -0.1) is 0 Å². The topological polar surface area (TPSA) is 43.2 Å². The molecule has 0 fully saturated rings. The van der Waals surface area contributed by atoms with Crippen LogP contribution in [0.5, 0.6) is 0 Å². The Bertz CT molecular complexity index is 506. The quantitative estimate of drug-likeness (QED) is 0.844. The minimum atomic E-state index is 0.288. The monoisotopic (exact) mass is 272 g/mol.